The van der Waals surface area contributed by atoms with Crippen molar-refractivity contribution in [3.05, 3.63) is 146 Å². The quantitative estimate of drug-likeness (QED) is 0.109. The van der Waals surface area contributed by atoms with E-state index in [1.165, 1.54) is 66.1 Å². The minimum Gasteiger partial charge on any atom is -0.358 e. The van der Waals surface area contributed by atoms with Gasteiger partial charge in [0.05, 0.1) is 0 Å². The maximum Gasteiger partial charge on any atom is 4.00 e. The Morgan fingerprint density at radius 1 is 0.548 bits per heavy atom. The van der Waals surface area contributed by atoms with Crippen LogP contribution in [0.5, 0.6) is 0 Å². The van der Waals surface area contributed by atoms with Crippen molar-refractivity contribution in [2.24, 2.45) is 0 Å². The zero-order valence-electron chi connectivity index (χ0n) is 26.2. The van der Waals surface area contributed by atoms with Gasteiger partial charge in [-0.3, -0.25) is 0 Å². The summed E-state index contributed by atoms with van der Waals surface area (Å²) < 4.78 is 0. The molecule has 0 amide bonds. The Morgan fingerprint density at radius 2 is 0.952 bits per heavy atom. The summed E-state index contributed by atoms with van der Waals surface area (Å²) in [7, 11) is 0. The summed E-state index contributed by atoms with van der Waals surface area (Å²) >= 11 is 0. The maximum atomic E-state index is 2.51. The molecular weight excluding hydrogens is 671 g/mol. The van der Waals surface area contributed by atoms with Gasteiger partial charge in [0.15, 0.2) is 0 Å². The van der Waals surface area contributed by atoms with Crippen molar-refractivity contribution < 1.29 is 25.8 Å². The number of rotatable bonds is 8. The summed E-state index contributed by atoms with van der Waals surface area (Å²) in [5.74, 6) is 0. The molecular formula is C41H44Hf. The van der Waals surface area contributed by atoms with Gasteiger partial charge in [-0.1, -0.05) is 110 Å². The fraction of sp³-hybridized carbons (Fsp3) is 0.220. The molecule has 0 nitrogen and oxygen atoms in total. The maximum absolute atomic E-state index is 2.51. The molecule has 6 aromatic rings. The second-order valence-electron chi connectivity index (χ2n) is 11.4. The zero-order chi connectivity index (χ0) is 27.0. The Balaban J connectivity index is 0.00000161. The van der Waals surface area contributed by atoms with Gasteiger partial charge in [-0.2, -0.15) is 12.1 Å². The van der Waals surface area contributed by atoms with Gasteiger partial charge in [-0.05, 0) is 43.2 Å². The van der Waals surface area contributed by atoms with Crippen molar-refractivity contribution in [3.8, 4) is 22.3 Å². The van der Waals surface area contributed by atoms with Gasteiger partial charge >= 0.3 is 25.8 Å². The van der Waals surface area contributed by atoms with E-state index in [9.17, 15) is 0 Å². The van der Waals surface area contributed by atoms with E-state index in [0.717, 1.165) is 25.7 Å². The van der Waals surface area contributed by atoms with E-state index in [0.29, 0.717) is 0 Å². The van der Waals surface area contributed by atoms with Crippen molar-refractivity contribution in [2.45, 2.75) is 58.8 Å². The summed E-state index contributed by atoms with van der Waals surface area (Å²) in [6.45, 7) is 9.04. The molecule has 0 unspecified atom stereocenters. The van der Waals surface area contributed by atoms with Gasteiger partial charge in [0.2, 0.25) is 0 Å². The number of hydrogen-bond donors (Lipinski definition) is 0. The predicted octanol–water partition coefficient (Wildman–Crippen LogP) is 12.2. The number of aryl methyl sites for hydroxylation is 2. The van der Waals surface area contributed by atoms with Crippen LogP contribution in [0.1, 0.15) is 61.8 Å². The molecule has 0 heterocycles. The van der Waals surface area contributed by atoms with E-state index in [1.807, 2.05) is 0 Å². The monoisotopic (exact) mass is 716 g/mol. The molecule has 42 heavy (non-hydrogen) atoms. The first-order valence-electron chi connectivity index (χ1n) is 14.6. The molecule has 0 spiro atoms. The van der Waals surface area contributed by atoms with Crippen LogP contribution in [-0.4, -0.2) is 0 Å². The van der Waals surface area contributed by atoms with Crippen molar-refractivity contribution in [3.63, 3.8) is 0 Å². The van der Waals surface area contributed by atoms with Crippen molar-refractivity contribution in [2.75, 3.05) is 0 Å². The summed E-state index contributed by atoms with van der Waals surface area (Å²) in [6.07, 6.45) is 4.59. The molecule has 0 atom stereocenters. The Kier molecular flexibility index (Phi) is 11.1. The van der Waals surface area contributed by atoms with Gasteiger partial charge in [0, 0.05) is 0 Å². The molecule has 0 aliphatic carbocycles. The van der Waals surface area contributed by atoms with Crippen LogP contribution in [0, 0.1) is 28.7 Å². The van der Waals surface area contributed by atoms with E-state index in [-0.39, 0.29) is 46.1 Å². The van der Waals surface area contributed by atoms with Crippen LogP contribution in [0.4, 0.5) is 0 Å². The Labute approximate surface area is 273 Å². The van der Waals surface area contributed by atoms with Crippen LogP contribution in [0.2, 0.25) is 0 Å². The van der Waals surface area contributed by atoms with E-state index < -0.39 is 0 Å². The standard InChI is InChI=1S/C39H38.2CH3.Hf/c1-5-19-39(20-6-2,33-23-31-15-9-17-35(37(31)25-33)29-13-7-11-27(3)21-29)34-24-32-16-10-18-36(38(32)26-34)30-14-8-12-28(4)22-30;;;/h7-18,21-26H,5-6,19-20H2,1-4H3;2*1H3;/q-2;2*-1;+4. The van der Waals surface area contributed by atoms with Gasteiger partial charge < -0.3 is 14.9 Å². The second-order valence-corrected chi connectivity index (χ2v) is 11.4. The SMILES string of the molecule is CCCC(CCC)(c1cc2c(-c3cccc(C)c3)cccc2[cH-]1)c1cc2c(-c3cccc(C)c3)cccc2[cH-]1.[CH3-].[CH3-].[Hf+4]. The first-order chi connectivity index (χ1) is 19.0. The molecule has 0 aliphatic rings. The van der Waals surface area contributed by atoms with E-state index in [2.05, 4.69) is 137 Å². The average Bonchev–Trinajstić information content (AvgIpc) is 3.58. The first-order valence-corrected chi connectivity index (χ1v) is 14.6. The third-order valence-electron chi connectivity index (χ3n) is 8.62. The minimum atomic E-state index is -0.00467. The molecule has 1 heteroatoms. The summed E-state index contributed by atoms with van der Waals surface area (Å²) in [6, 6.07) is 41.4. The van der Waals surface area contributed by atoms with Crippen LogP contribution in [0.15, 0.2) is 109 Å². The average molecular weight is 715 g/mol. The Hall–Kier alpha value is -3.03. The largest absolute Gasteiger partial charge is 4.00 e. The molecule has 0 N–H and O–H groups in total. The van der Waals surface area contributed by atoms with Crippen molar-refractivity contribution in [1.82, 2.24) is 0 Å². The molecule has 6 rings (SSSR count). The van der Waals surface area contributed by atoms with Crippen LogP contribution < -0.4 is 0 Å². The molecule has 0 saturated heterocycles. The Morgan fingerprint density at radius 3 is 1.33 bits per heavy atom. The number of benzene rings is 4. The zero-order valence-corrected chi connectivity index (χ0v) is 29.8. The minimum absolute atomic E-state index is 0. The fourth-order valence-electron chi connectivity index (χ4n) is 6.87. The third kappa shape index (κ3) is 6.04. The van der Waals surface area contributed by atoms with E-state index in [1.54, 1.807) is 0 Å². The smallest absolute Gasteiger partial charge is 0.358 e. The van der Waals surface area contributed by atoms with Gasteiger partial charge in [-0.15, -0.1) is 69.1 Å². The summed E-state index contributed by atoms with van der Waals surface area (Å²) in [5.41, 5.74) is 10.8. The molecule has 0 bridgehead atoms. The molecule has 0 aliphatic heterocycles. The van der Waals surface area contributed by atoms with Crippen LogP contribution in [-0.2, 0) is 31.3 Å². The van der Waals surface area contributed by atoms with Gasteiger partial charge in [-0.25, -0.2) is 0 Å². The topological polar surface area (TPSA) is 0 Å². The van der Waals surface area contributed by atoms with Gasteiger partial charge in [0.1, 0.15) is 0 Å². The van der Waals surface area contributed by atoms with Crippen molar-refractivity contribution in [1.29, 1.82) is 0 Å². The second kappa shape index (κ2) is 14.0. The first kappa shape index (κ1) is 33.5. The predicted molar refractivity (Wildman–Crippen MR) is 183 cm³/mol. The molecule has 0 fully saturated rings. The fourth-order valence-corrected chi connectivity index (χ4v) is 6.87. The van der Waals surface area contributed by atoms with Crippen molar-refractivity contribution >= 4 is 21.5 Å². The summed E-state index contributed by atoms with van der Waals surface area (Å²) in [5, 5.41) is 5.42. The summed E-state index contributed by atoms with van der Waals surface area (Å²) in [4.78, 5) is 0. The van der Waals surface area contributed by atoms with Crippen LogP contribution in [0.3, 0.4) is 0 Å². The molecule has 0 saturated carbocycles. The van der Waals surface area contributed by atoms with E-state index >= 15 is 0 Å². The van der Waals surface area contributed by atoms with Crippen LogP contribution >= 0.6 is 0 Å². The van der Waals surface area contributed by atoms with Crippen LogP contribution in [0.25, 0.3) is 43.8 Å². The third-order valence-corrected chi connectivity index (χ3v) is 8.62. The van der Waals surface area contributed by atoms with Gasteiger partial charge in [0.25, 0.3) is 0 Å². The molecule has 6 aromatic carbocycles. The Bertz CT molecular complexity index is 1630. The normalized spacial score (nSPS) is 11.1. The molecule has 0 aromatic heterocycles. The molecule has 212 valence electrons. The number of fused-ring (bicyclic) bond motifs is 2. The number of hydrogen-bond acceptors (Lipinski definition) is 0. The molecule has 0 radical (unpaired) electrons. The van der Waals surface area contributed by atoms with E-state index in [4.69, 9.17) is 0 Å².